The van der Waals surface area contributed by atoms with Crippen molar-refractivity contribution in [2.75, 3.05) is 6.26 Å². The number of aromatic nitrogens is 6. The molecule has 4 aromatic heterocycles. The van der Waals surface area contributed by atoms with Gasteiger partial charge in [0.2, 0.25) is 0 Å². The van der Waals surface area contributed by atoms with Crippen molar-refractivity contribution >= 4 is 44.7 Å². The second-order valence-electron chi connectivity index (χ2n) is 5.85. The van der Waals surface area contributed by atoms with Gasteiger partial charge in [-0.3, -0.25) is 0 Å². The van der Waals surface area contributed by atoms with Crippen molar-refractivity contribution in [1.82, 2.24) is 29.2 Å². The molecule has 8 heteroatoms. The Bertz CT molecular complexity index is 1030. The third-order valence-corrected chi connectivity index (χ3v) is 6.36. The van der Waals surface area contributed by atoms with Gasteiger partial charge in [-0.1, -0.05) is 18.7 Å². The topological polar surface area (TPSA) is 60.4 Å². The monoisotopic (exact) mass is 330 g/mol. The van der Waals surface area contributed by atoms with Gasteiger partial charge in [-0.25, -0.2) is 9.38 Å². The number of hydrogen-bond donors (Lipinski definition) is 0. The molecule has 112 valence electrons. The Kier molecular flexibility index (Phi) is 2.58. The summed E-state index contributed by atoms with van der Waals surface area (Å²) in [5.41, 5.74) is 2.37. The van der Waals surface area contributed by atoms with Crippen LogP contribution in [0.3, 0.4) is 0 Å². The van der Waals surface area contributed by atoms with E-state index < -0.39 is 0 Å². The van der Waals surface area contributed by atoms with Gasteiger partial charge in [0, 0.05) is 4.88 Å². The van der Waals surface area contributed by atoms with E-state index in [1.54, 1.807) is 18.1 Å². The summed E-state index contributed by atoms with van der Waals surface area (Å²) >= 11 is 3.48. The number of fused-ring (bicyclic) bond motifs is 8. The fourth-order valence-corrected chi connectivity index (χ4v) is 5.27. The zero-order valence-electron chi connectivity index (χ0n) is 12.3. The van der Waals surface area contributed by atoms with E-state index in [1.807, 2.05) is 22.1 Å². The quantitative estimate of drug-likeness (QED) is 0.502. The third kappa shape index (κ3) is 1.51. The fourth-order valence-electron chi connectivity index (χ4n) is 3.40. The molecule has 0 aliphatic heterocycles. The van der Waals surface area contributed by atoms with Crippen LogP contribution in [0.1, 0.15) is 23.8 Å². The zero-order chi connectivity index (χ0) is 14.8. The minimum absolute atomic E-state index is 0.727. The van der Waals surface area contributed by atoms with Gasteiger partial charge in [-0.05, 0) is 37.0 Å². The molecule has 0 aromatic carbocycles. The van der Waals surface area contributed by atoms with E-state index in [0.717, 1.165) is 35.3 Å². The van der Waals surface area contributed by atoms with Gasteiger partial charge < -0.3 is 0 Å². The molecule has 1 atom stereocenters. The molecule has 0 radical (unpaired) electrons. The van der Waals surface area contributed by atoms with Crippen LogP contribution in [0.25, 0.3) is 21.6 Å². The molecule has 0 N–H and O–H groups in total. The maximum atomic E-state index is 4.51. The molecular weight excluding hydrogens is 316 g/mol. The van der Waals surface area contributed by atoms with E-state index in [-0.39, 0.29) is 0 Å². The molecule has 0 unspecified atom stereocenters. The van der Waals surface area contributed by atoms with Gasteiger partial charge >= 0.3 is 0 Å². The average Bonchev–Trinajstić information content (AvgIpc) is 3.21. The summed E-state index contributed by atoms with van der Waals surface area (Å²) in [6.07, 6.45) is 7.19. The molecule has 0 amide bonds. The smallest absolute Gasteiger partial charge is 0.244 e. The lowest BCUT2D eigenvalue weighted by Gasteiger charge is -2.17. The summed E-state index contributed by atoms with van der Waals surface area (Å²) in [4.78, 5) is 7.21. The molecule has 0 saturated heterocycles. The van der Waals surface area contributed by atoms with Crippen LogP contribution < -0.4 is 0 Å². The summed E-state index contributed by atoms with van der Waals surface area (Å²) in [7, 11) is 0. The van der Waals surface area contributed by atoms with Crippen LogP contribution in [0.2, 0.25) is 0 Å². The van der Waals surface area contributed by atoms with Crippen molar-refractivity contribution < 1.29 is 0 Å². The molecule has 6 nitrogen and oxygen atoms in total. The van der Waals surface area contributed by atoms with Crippen molar-refractivity contribution in [2.45, 2.75) is 31.3 Å². The van der Waals surface area contributed by atoms with Crippen LogP contribution in [0.15, 0.2) is 11.5 Å². The fraction of sp³-hybridized carbons (Fsp3) is 0.429. The summed E-state index contributed by atoms with van der Waals surface area (Å²) in [6.45, 7) is 2.33. The van der Waals surface area contributed by atoms with Gasteiger partial charge in [-0.15, -0.1) is 21.5 Å². The van der Waals surface area contributed by atoms with Crippen molar-refractivity contribution in [3.8, 4) is 0 Å². The van der Waals surface area contributed by atoms with Gasteiger partial charge in [0.15, 0.2) is 10.8 Å². The Morgan fingerprint density at radius 2 is 2.27 bits per heavy atom. The third-order valence-electron chi connectivity index (χ3n) is 4.45. The Labute approximate surface area is 134 Å². The number of thiophene rings is 1. The van der Waals surface area contributed by atoms with Crippen LogP contribution >= 0.6 is 23.1 Å². The number of nitrogens with zero attached hydrogens (tertiary/aromatic N) is 6. The van der Waals surface area contributed by atoms with Crippen LogP contribution in [0, 0.1) is 5.92 Å². The first kappa shape index (κ1) is 12.8. The Morgan fingerprint density at radius 1 is 1.36 bits per heavy atom. The SMILES string of the molecule is CSc1nnc2n3ncnc3c3c4c(sc3n12)CC[C@@H](C)C4. The molecule has 1 aliphatic rings. The largest absolute Gasteiger partial charge is 0.260 e. The number of aryl methyl sites for hydroxylation is 1. The summed E-state index contributed by atoms with van der Waals surface area (Å²) in [6, 6.07) is 0. The second-order valence-corrected chi connectivity index (χ2v) is 7.71. The lowest BCUT2D eigenvalue weighted by molar-refractivity contribution is 0.508. The van der Waals surface area contributed by atoms with Gasteiger partial charge in [-0.2, -0.15) is 9.61 Å². The molecule has 0 bridgehead atoms. The predicted octanol–water partition coefficient (Wildman–Crippen LogP) is 2.83. The molecule has 0 spiro atoms. The predicted molar refractivity (Wildman–Crippen MR) is 87.9 cm³/mol. The highest BCUT2D eigenvalue weighted by Crippen LogP contribution is 2.40. The van der Waals surface area contributed by atoms with Crippen LogP contribution in [-0.2, 0) is 12.8 Å². The normalized spacial score (nSPS) is 18.5. The molecule has 0 saturated carbocycles. The Balaban J connectivity index is 2.05. The van der Waals surface area contributed by atoms with E-state index in [0.29, 0.717) is 0 Å². The van der Waals surface area contributed by atoms with Crippen molar-refractivity contribution in [1.29, 1.82) is 0 Å². The van der Waals surface area contributed by atoms with E-state index in [1.165, 1.54) is 27.1 Å². The average molecular weight is 330 g/mol. The van der Waals surface area contributed by atoms with Crippen molar-refractivity contribution in [3.63, 3.8) is 0 Å². The molecular formula is C14H14N6S2. The molecule has 4 heterocycles. The van der Waals surface area contributed by atoms with Gasteiger partial charge in [0.25, 0.3) is 5.78 Å². The molecule has 22 heavy (non-hydrogen) atoms. The van der Waals surface area contributed by atoms with E-state index in [4.69, 9.17) is 0 Å². The summed E-state index contributed by atoms with van der Waals surface area (Å²) in [5.74, 6) is 1.47. The summed E-state index contributed by atoms with van der Waals surface area (Å²) in [5, 5.41) is 15.1. The van der Waals surface area contributed by atoms with Gasteiger partial charge in [0.05, 0.1) is 5.39 Å². The molecule has 0 fully saturated rings. The maximum absolute atomic E-state index is 4.51. The number of rotatable bonds is 1. The lowest BCUT2D eigenvalue weighted by Crippen LogP contribution is -2.09. The first-order valence-electron chi connectivity index (χ1n) is 7.33. The van der Waals surface area contributed by atoms with E-state index in [9.17, 15) is 0 Å². The van der Waals surface area contributed by atoms with Crippen LogP contribution in [-0.4, -0.2) is 35.5 Å². The van der Waals surface area contributed by atoms with Crippen molar-refractivity contribution in [2.24, 2.45) is 5.92 Å². The molecule has 1 aliphatic carbocycles. The minimum Gasteiger partial charge on any atom is -0.244 e. The van der Waals surface area contributed by atoms with E-state index >= 15 is 0 Å². The van der Waals surface area contributed by atoms with Gasteiger partial charge in [0.1, 0.15) is 11.2 Å². The molecule has 4 aromatic rings. The van der Waals surface area contributed by atoms with Crippen LogP contribution in [0.4, 0.5) is 0 Å². The molecule has 5 rings (SSSR count). The highest BCUT2D eigenvalue weighted by atomic mass is 32.2. The van der Waals surface area contributed by atoms with E-state index in [2.05, 4.69) is 31.6 Å². The number of thioether (sulfide) groups is 1. The standard InChI is InChI=1S/C14H14N6S2/c1-7-3-4-9-8(5-7)10-11-15-6-16-20(11)13-17-18-14(21-2)19(13)12(10)22-9/h6-7H,3-5H2,1-2H3/t7-/m1/s1. The zero-order valence-corrected chi connectivity index (χ0v) is 13.9. The lowest BCUT2D eigenvalue weighted by atomic mass is 9.89. The van der Waals surface area contributed by atoms with Crippen LogP contribution in [0.5, 0.6) is 0 Å². The maximum Gasteiger partial charge on any atom is 0.260 e. The first-order valence-corrected chi connectivity index (χ1v) is 9.37. The highest BCUT2D eigenvalue weighted by molar-refractivity contribution is 7.98. The Morgan fingerprint density at radius 3 is 3.14 bits per heavy atom. The first-order chi connectivity index (χ1) is 10.8. The minimum atomic E-state index is 0.727. The van der Waals surface area contributed by atoms with Crippen molar-refractivity contribution in [3.05, 3.63) is 16.8 Å². The Hall–Kier alpha value is -1.67. The highest BCUT2D eigenvalue weighted by Gasteiger charge is 2.26. The number of hydrogen-bond acceptors (Lipinski definition) is 6. The summed E-state index contributed by atoms with van der Waals surface area (Å²) < 4.78 is 3.96. The second kappa shape index (κ2) is 4.42.